The van der Waals surface area contributed by atoms with Gasteiger partial charge in [0.1, 0.15) is 173 Å². The lowest BCUT2D eigenvalue weighted by Crippen LogP contribution is -2.27. The second kappa shape index (κ2) is 46.5. The summed E-state index contributed by atoms with van der Waals surface area (Å²) in [5.74, 6) is 7.74. The highest BCUT2D eigenvalue weighted by Crippen LogP contribution is 2.36. The first kappa shape index (κ1) is 89.2. The Bertz CT molecular complexity index is 5470. The molecule has 0 aromatic heterocycles. The van der Waals surface area contributed by atoms with Gasteiger partial charge >= 0.3 is 0 Å². The maximum absolute atomic E-state index is 11.6. The lowest BCUT2D eigenvalue weighted by atomic mass is 10.1. The van der Waals surface area contributed by atoms with Gasteiger partial charge < -0.3 is 76.9 Å². The summed E-state index contributed by atoms with van der Waals surface area (Å²) in [6.07, 6.45) is 0. The van der Waals surface area contributed by atoms with E-state index in [4.69, 9.17) is 78.5 Å². The molecule has 0 spiro atoms. The van der Waals surface area contributed by atoms with Crippen molar-refractivity contribution in [2.45, 2.75) is 99.0 Å². The number of nitro benzene ring substituents is 1. The molecule has 0 aliphatic rings. The number of nitro groups is 1. The number of benzene rings is 16. The summed E-state index contributed by atoms with van der Waals surface area (Å²) in [6.45, 7) is 3.43. The molecule has 0 bridgehead atoms. The van der Waals surface area contributed by atoms with Gasteiger partial charge in [-0.2, -0.15) is 0 Å². The minimum Gasteiger partial charge on any atom is -0.489 e. The van der Waals surface area contributed by atoms with Crippen LogP contribution in [0.25, 0.3) is 0 Å². The van der Waals surface area contributed by atoms with Gasteiger partial charge in [0.2, 0.25) is 0 Å². The topological polar surface area (TPSA) is 196 Å². The molecule has 20 heteroatoms. The van der Waals surface area contributed by atoms with E-state index in [1.54, 1.807) is 12.1 Å². The van der Waals surface area contributed by atoms with Crippen molar-refractivity contribution in [1.29, 1.82) is 0 Å². The Balaban J connectivity index is 0.706. The summed E-state index contributed by atoms with van der Waals surface area (Å²) in [5.41, 5.74) is 13.9. The summed E-state index contributed by atoms with van der Waals surface area (Å²) >= 11 is 5.85. The zero-order chi connectivity index (χ0) is 89.9. The van der Waals surface area contributed by atoms with E-state index in [0.29, 0.717) is 150 Å². The Labute approximate surface area is 773 Å². The molecule has 662 valence electrons. The van der Waals surface area contributed by atoms with E-state index < -0.39 is 4.92 Å². The first-order valence-corrected chi connectivity index (χ1v) is 43.7. The van der Waals surface area contributed by atoms with Crippen LogP contribution in [0.2, 0.25) is 0 Å². The second-order valence-electron chi connectivity index (χ2n) is 31.2. The number of ether oxygens (including phenoxy) is 14. The summed E-state index contributed by atoms with van der Waals surface area (Å²) in [6, 6.07) is 126. The average Bonchev–Trinajstić information content (AvgIpc) is 0.845. The van der Waals surface area contributed by atoms with Crippen molar-refractivity contribution in [3.05, 3.63) is 488 Å². The second-order valence-corrected chi connectivity index (χ2v) is 31.6. The molecule has 16 aromatic rings. The van der Waals surface area contributed by atoms with Crippen LogP contribution in [-0.2, 0) is 99.0 Å². The molecular formula is C112H97N3O16S. The molecule has 2 N–H and O–H groups in total. The zero-order valence-corrected chi connectivity index (χ0v) is 73.3. The normalized spacial score (nSPS) is 10.8. The predicted molar refractivity (Wildman–Crippen MR) is 513 cm³/mol. The van der Waals surface area contributed by atoms with Crippen LogP contribution in [0.5, 0.6) is 80.5 Å². The summed E-state index contributed by atoms with van der Waals surface area (Å²) in [4.78, 5) is 11.2. The standard InChI is InChI=1S/C112H97N3O16S/c116-115(117)97-43-41-96(42-44-97)114-112(132)113-66-89-45-98(126-75-94-55-108(128-77-90-47-100(118-67-81-25-9-1-10-26-81)60-101(48-90)119-68-82-27-11-2-12-28-82)64-109(56-94)129-78-91-49-102(120-69-83-29-13-3-14-30-83)61-103(50-91)121-70-84-31-15-4-16-32-84)59-99(46-89)127-76-95-57-110(130-79-92-51-104(122-71-85-33-17-5-18-34-85)62-105(52-92)123-72-86-35-19-6-20-36-86)65-111(58-95)131-80-93-53-106(124-73-87-37-21-7-22-38-87)63-107(54-93)125-74-88-39-23-8-24-40-88/h1-65H,66-80H2,(H2,113,114,132). The van der Waals surface area contributed by atoms with E-state index >= 15 is 0 Å². The lowest BCUT2D eigenvalue weighted by Gasteiger charge is -2.17. The summed E-state index contributed by atoms with van der Waals surface area (Å²) in [5, 5.41) is 18.4. The number of nitrogens with zero attached hydrogens (tertiary/aromatic N) is 1. The number of thiocarbonyl (C=S) groups is 1. The first-order chi connectivity index (χ1) is 64.9. The highest BCUT2D eigenvalue weighted by molar-refractivity contribution is 7.80. The Kier molecular flexibility index (Phi) is 31.4. The number of hydrogen-bond acceptors (Lipinski definition) is 17. The van der Waals surface area contributed by atoms with Crippen LogP contribution in [0, 0.1) is 10.1 Å². The number of rotatable bonds is 46. The van der Waals surface area contributed by atoms with E-state index in [2.05, 4.69) is 10.6 Å². The Hall–Kier alpha value is -16.2. The smallest absolute Gasteiger partial charge is 0.269 e. The molecule has 16 aromatic carbocycles. The molecule has 0 aliphatic carbocycles. The van der Waals surface area contributed by atoms with Crippen LogP contribution in [0.4, 0.5) is 11.4 Å². The molecule has 0 aliphatic heterocycles. The molecule has 0 fully saturated rings. The minimum atomic E-state index is -0.451. The molecule has 0 unspecified atom stereocenters. The van der Waals surface area contributed by atoms with Gasteiger partial charge in [-0.25, -0.2) is 0 Å². The molecular weight excluding hydrogens is 1680 g/mol. The van der Waals surface area contributed by atoms with Crippen LogP contribution >= 0.6 is 12.2 Å². The molecule has 16 rings (SSSR count). The van der Waals surface area contributed by atoms with Gasteiger partial charge in [0, 0.05) is 66.8 Å². The highest BCUT2D eigenvalue weighted by atomic mass is 32.1. The zero-order valence-electron chi connectivity index (χ0n) is 72.5. The van der Waals surface area contributed by atoms with Crippen LogP contribution in [-0.4, -0.2) is 10.0 Å². The lowest BCUT2D eigenvalue weighted by molar-refractivity contribution is -0.384. The van der Waals surface area contributed by atoms with Crippen molar-refractivity contribution >= 4 is 28.7 Å². The Morgan fingerprint density at radius 2 is 0.356 bits per heavy atom. The largest absolute Gasteiger partial charge is 0.489 e. The van der Waals surface area contributed by atoms with Crippen molar-refractivity contribution < 1.29 is 71.2 Å². The van der Waals surface area contributed by atoms with Gasteiger partial charge in [-0.1, -0.05) is 243 Å². The van der Waals surface area contributed by atoms with E-state index in [9.17, 15) is 10.1 Å². The molecule has 132 heavy (non-hydrogen) atoms. The van der Waals surface area contributed by atoms with Gasteiger partial charge in [0.15, 0.2) is 5.11 Å². The number of non-ortho nitro benzene ring substituents is 1. The number of anilines is 1. The van der Waals surface area contributed by atoms with Crippen LogP contribution in [0.15, 0.2) is 394 Å². The van der Waals surface area contributed by atoms with Crippen molar-refractivity contribution in [2.24, 2.45) is 0 Å². The maximum Gasteiger partial charge on any atom is 0.269 e. The fourth-order valence-corrected chi connectivity index (χ4v) is 14.3. The number of hydrogen-bond donors (Lipinski definition) is 2. The van der Waals surface area contributed by atoms with E-state index in [1.807, 2.05) is 370 Å². The molecule has 0 saturated carbocycles. The van der Waals surface area contributed by atoms with Crippen molar-refractivity contribution in [2.75, 3.05) is 5.32 Å². The van der Waals surface area contributed by atoms with E-state index in [0.717, 1.165) is 72.3 Å². The summed E-state index contributed by atoms with van der Waals surface area (Å²) in [7, 11) is 0. The molecule has 19 nitrogen and oxygen atoms in total. The van der Waals surface area contributed by atoms with Crippen LogP contribution < -0.4 is 76.9 Å². The molecule has 0 amide bonds. The van der Waals surface area contributed by atoms with Gasteiger partial charge in [-0.15, -0.1) is 0 Å². The van der Waals surface area contributed by atoms with Gasteiger partial charge in [0.05, 0.1) is 4.92 Å². The molecule has 0 heterocycles. The quantitative estimate of drug-likeness (QED) is 0.0207. The van der Waals surface area contributed by atoms with Crippen molar-refractivity contribution in [3.63, 3.8) is 0 Å². The monoisotopic (exact) mass is 1770 g/mol. The van der Waals surface area contributed by atoms with Gasteiger partial charge in [-0.3, -0.25) is 10.1 Å². The van der Waals surface area contributed by atoms with Crippen molar-refractivity contribution in [3.8, 4) is 80.5 Å². The number of nitrogens with one attached hydrogen (secondary N) is 2. The Morgan fingerprint density at radius 3 is 0.515 bits per heavy atom. The molecule has 0 radical (unpaired) electrons. The average molecular weight is 1770 g/mol. The third-order valence-electron chi connectivity index (χ3n) is 20.8. The third kappa shape index (κ3) is 28.7. The maximum atomic E-state index is 11.6. The fraction of sp³-hybridized carbons (Fsp3) is 0.134. The molecule has 0 atom stereocenters. The minimum absolute atomic E-state index is 0.0239. The van der Waals surface area contributed by atoms with Crippen LogP contribution in [0.1, 0.15) is 83.5 Å². The first-order valence-electron chi connectivity index (χ1n) is 43.3. The summed E-state index contributed by atoms with van der Waals surface area (Å²) < 4.78 is 92.7. The molecule has 0 saturated heterocycles. The van der Waals surface area contributed by atoms with E-state index in [1.165, 1.54) is 12.1 Å². The van der Waals surface area contributed by atoms with Gasteiger partial charge in [0.25, 0.3) is 5.69 Å². The van der Waals surface area contributed by atoms with Gasteiger partial charge in [-0.05, 0) is 193 Å². The Morgan fingerprint density at radius 1 is 0.205 bits per heavy atom. The predicted octanol–water partition coefficient (Wildman–Crippen LogP) is 25.2. The fourth-order valence-electron chi connectivity index (χ4n) is 14.1. The SMILES string of the molecule is O=[N+]([O-])c1ccc(NC(=S)NCc2cc(OCc3cc(OCc4cc(OCc5ccccc5)cc(OCc5ccccc5)c4)cc(OCc4cc(OCc5ccccc5)cc(OCc5ccccc5)c4)c3)cc(OCc3cc(OCc4cc(OCc5ccccc5)cc(OCc5ccccc5)c4)cc(OCc4cc(OCc5ccccc5)cc(OCc5ccccc5)c4)c3)c2)cc1. The van der Waals surface area contributed by atoms with Crippen LogP contribution in [0.3, 0.4) is 0 Å². The third-order valence-corrected chi connectivity index (χ3v) is 21.0. The van der Waals surface area contributed by atoms with E-state index in [-0.39, 0.29) is 57.0 Å². The highest BCUT2D eigenvalue weighted by Gasteiger charge is 2.18. The van der Waals surface area contributed by atoms with Crippen molar-refractivity contribution in [1.82, 2.24) is 5.32 Å².